The maximum Gasteiger partial charge on any atom is 0.224 e. The summed E-state index contributed by atoms with van der Waals surface area (Å²) in [5.41, 5.74) is 0. The molecule has 0 spiro atoms. The Morgan fingerprint density at radius 2 is 2.38 bits per heavy atom. The zero-order valence-electron chi connectivity index (χ0n) is 6.93. The summed E-state index contributed by atoms with van der Waals surface area (Å²) in [5.74, 6) is 1.69. The monoisotopic (exact) mass is 309 g/mol. The van der Waals surface area contributed by atoms with Gasteiger partial charge in [-0.05, 0) is 53.0 Å². The van der Waals surface area contributed by atoms with Gasteiger partial charge < -0.3 is 5.32 Å². The van der Waals surface area contributed by atoms with E-state index in [-0.39, 0.29) is 0 Å². The highest BCUT2D eigenvalue weighted by Crippen LogP contribution is 2.29. The van der Waals surface area contributed by atoms with Crippen molar-refractivity contribution >= 4 is 40.0 Å². The van der Waals surface area contributed by atoms with Crippen molar-refractivity contribution in [2.75, 3.05) is 11.9 Å². The van der Waals surface area contributed by atoms with Crippen molar-refractivity contribution < 1.29 is 0 Å². The Morgan fingerprint density at radius 1 is 1.62 bits per heavy atom. The SMILES string of the molecule is Clc1ncc(I)c(NCC2CC2)n1. The van der Waals surface area contributed by atoms with Crippen LogP contribution >= 0.6 is 34.2 Å². The summed E-state index contributed by atoms with van der Waals surface area (Å²) in [5, 5.41) is 3.58. The topological polar surface area (TPSA) is 37.8 Å². The lowest BCUT2D eigenvalue weighted by Gasteiger charge is -2.05. The van der Waals surface area contributed by atoms with E-state index in [1.807, 2.05) is 0 Å². The molecule has 1 heterocycles. The molecule has 0 saturated heterocycles. The molecule has 0 radical (unpaired) electrons. The van der Waals surface area contributed by atoms with E-state index in [1.54, 1.807) is 6.20 Å². The fourth-order valence-corrected chi connectivity index (χ4v) is 1.62. The first-order valence-corrected chi connectivity index (χ1v) is 5.63. The lowest BCUT2D eigenvalue weighted by molar-refractivity contribution is 0.879. The first kappa shape index (κ1) is 9.45. The molecule has 1 saturated carbocycles. The van der Waals surface area contributed by atoms with Gasteiger partial charge >= 0.3 is 0 Å². The van der Waals surface area contributed by atoms with Gasteiger partial charge in [-0.2, -0.15) is 4.98 Å². The third kappa shape index (κ3) is 2.67. The minimum atomic E-state index is 0.304. The third-order valence-electron chi connectivity index (χ3n) is 1.97. The molecule has 70 valence electrons. The second-order valence-electron chi connectivity index (χ2n) is 3.16. The van der Waals surface area contributed by atoms with Gasteiger partial charge in [0.1, 0.15) is 5.82 Å². The van der Waals surface area contributed by atoms with Gasteiger partial charge in [-0.1, -0.05) is 0 Å². The highest BCUT2D eigenvalue weighted by atomic mass is 127. The predicted octanol–water partition coefficient (Wildman–Crippen LogP) is 2.56. The standard InChI is InChI=1S/C8H9ClIN3/c9-8-12-4-6(10)7(13-8)11-3-5-1-2-5/h4-5H,1-3H2,(H,11,12,13). The molecule has 1 aromatic heterocycles. The number of anilines is 1. The summed E-state index contributed by atoms with van der Waals surface area (Å²) >= 11 is 7.88. The van der Waals surface area contributed by atoms with Crippen molar-refractivity contribution in [1.29, 1.82) is 0 Å². The smallest absolute Gasteiger partial charge is 0.224 e. The Labute approximate surface area is 95.4 Å². The minimum Gasteiger partial charge on any atom is -0.369 e. The van der Waals surface area contributed by atoms with E-state index in [0.717, 1.165) is 21.9 Å². The largest absolute Gasteiger partial charge is 0.369 e. The molecule has 0 aromatic carbocycles. The van der Waals surface area contributed by atoms with Crippen molar-refractivity contribution in [2.24, 2.45) is 5.92 Å². The lowest BCUT2D eigenvalue weighted by atomic mass is 10.4. The van der Waals surface area contributed by atoms with Crippen molar-refractivity contribution in [3.63, 3.8) is 0 Å². The van der Waals surface area contributed by atoms with Crippen LogP contribution in [0, 0.1) is 9.49 Å². The van der Waals surface area contributed by atoms with Crippen molar-refractivity contribution in [3.05, 3.63) is 15.1 Å². The molecule has 0 atom stereocenters. The van der Waals surface area contributed by atoms with Crippen LogP contribution in [0.2, 0.25) is 5.28 Å². The summed E-state index contributed by atoms with van der Waals surface area (Å²) in [6.45, 7) is 1.00. The van der Waals surface area contributed by atoms with Crippen molar-refractivity contribution in [1.82, 2.24) is 9.97 Å². The number of hydrogen-bond donors (Lipinski definition) is 1. The molecule has 3 nitrogen and oxygen atoms in total. The molecule has 0 bridgehead atoms. The molecule has 5 heteroatoms. The Morgan fingerprint density at radius 3 is 3.08 bits per heavy atom. The highest BCUT2D eigenvalue weighted by Gasteiger charge is 2.21. The summed E-state index contributed by atoms with van der Waals surface area (Å²) in [7, 11) is 0. The van der Waals surface area contributed by atoms with E-state index in [0.29, 0.717) is 5.28 Å². The van der Waals surface area contributed by atoms with E-state index in [1.165, 1.54) is 12.8 Å². The normalized spacial score (nSPS) is 15.8. The first-order chi connectivity index (χ1) is 6.25. The van der Waals surface area contributed by atoms with E-state index in [9.17, 15) is 0 Å². The molecule has 0 amide bonds. The van der Waals surface area contributed by atoms with Crippen LogP contribution in [0.4, 0.5) is 5.82 Å². The molecule has 1 aliphatic rings. The molecule has 1 N–H and O–H groups in total. The summed E-state index contributed by atoms with van der Waals surface area (Å²) < 4.78 is 1.02. The molecule has 2 rings (SSSR count). The maximum atomic E-state index is 5.68. The van der Waals surface area contributed by atoms with Crippen LogP contribution in [-0.4, -0.2) is 16.5 Å². The first-order valence-electron chi connectivity index (χ1n) is 4.17. The quantitative estimate of drug-likeness (QED) is 0.689. The lowest BCUT2D eigenvalue weighted by Crippen LogP contribution is -2.07. The van der Waals surface area contributed by atoms with Gasteiger partial charge in [-0.15, -0.1) is 0 Å². The molecule has 1 aliphatic carbocycles. The average Bonchev–Trinajstić information content (AvgIpc) is 2.90. The maximum absolute atomic E-state index is 5.68. The summed E-state index contributed by atoms with van der Waals surface area (Å²) in [6, 6.07) is 0. The van der Waals surface area contributed by atoms with Crippen LogP contribution in [0.25, 0.3) is 0 Å². The van der Waals surface area contributed by atoms with Gasteiger partial charge in [0.25, 0.3) is 0 Å². The molecule has 13 heavy (non-hydrogen) atoms. The second kappa shape index (κ2) is 3.96. The van der Waals surface area contributed by atoms with E-state index >= 15 is 0 Å². The van der Waals surface area contributed by atoms with Crippen LogP contribution in [-0.2, 0) is 0 Å². The molecular weight excluding hydrogens is 300 g/mol. The molecule has 0 unspecified atom stereocenters. The van der Waals surface area contributed by atoms with Crippen LogP contribution in [0.3, 0.4) is 0 Å². The fraction of sp³-hybridized carbons (Fsp3) is 0.500. The third-order valence-corrected chi connectivity index (χ3v) is 2.94. The number of hydrogen-bond acceptors (Lipinski definition) is 3. The molecular formula is C8H9ClIN3. The predicted molar refractivity (Wildman–Crippen MR) is 61.0 cm³/mol. The van der Waals surface area contributed by atoms with E-state index in [4.69, 9.17) is 11.6 Å². The average molecular weight is 310 g/mol. The molecule has 0 aliphatic heterocycles. The molecule has 1 aromatic rings. The second-order valence-corrected chi connectivity index (χ2v) is 4.66. The number of nitrogens with zero attached hydrogens (tertiary/aromatic N) is 2. The van der Waals surface area contributed by atoms with Gasteiger partial charge in [0.05, 0.1) is 3.57 Å². The van der Waals surface area contributed by atoms with Gasteiger partial charge in [-0.3, -0.25) is 0 Å². The Kier molecular flexibility index (Phi) is 2.88. The van der Waals surface area contributed by atoms with Gasteiger partial charge in [0.2, 0.25) is 5.28 Å². The van der Waals surface area contributed by atoms with Crippen molar-refractivity contribution in [2.45, 2.75) is 12.8 Å². The van der Waals surface area contributed by atoms with Crippen molar-refractivity contribution in [3.8, 4) is 0 Å². The number of aromatic nitrogens is 2. The number of rotatable bonds is 3. The van der Waals surface area contributed by atoms with E-state index in [2.05, 4.69) is 37.9 Å². The Hall–Kier alpha value is -0.100. The van der Waals surface area contributed by atoms with Crippen LogP contribution in [0.1, 0.15) is 12.8 Å². The van der Waals surface area contributed by atoms with Crippen LogP contribution in [0.5, 0.6) is 0 Å². The number of nitrogens with one attached hydrogen (secondary N) is 1. The molecule has 1 fully saturated rings. The van der Waals surface area contributed by atoms with Crippen LogP contribution < -0.4 is 5.32 Å². The minimum absolute atomic E-state index is 0.304. The van der Waals surface area contributed by atoms with E-state index < -0.39 is 0 Å². The number of halogens is 2. The van der Waals surface area contributed by atoms with Gasteiger partial charge in [-0.25, -0.2) is 4.98 Å². The Balaban J connectivity index is 2.03. The Bertz CT molecular complexity index is 314. The highest BCUT2D eigenvalue weighted by molar-refractivity contribution is 14.1. The van der Waals surface area contributed by atoms with Crippen LogP contribution in [0.15, 0.2) is 6.20 Å². The zero-order chi connectivity index (χ0) is 9.26. The summed E-state index contributed by atoms with van der Waals surface area (Å²) in [6.07, 6.45) is 4.40. The van der Waals surface area contributed by atoms with Gasteiger partial charge in [0.15, 0.2) is 0 Å². The zero-order valence-corrected chi connectivity index (χ0v) is 9.84. The fourth-order valence-electron chi connectivity index (χ4n) is 1.03. The summed E-state index contributed by atoms with van der Waals surface area (Å²) in [4.78, 5) is 8.00. The van der Waals surface area contributed by atoms with Gasteiger partial charge in [0, 0.05) is 12.7 Å².